The van der Waals surface area contributed by atoms with Crippen molar-refractivity contribution in [2.24, 2.45) is 5.92 Å². The van der Waals surface area contributed by atoms with Crippen LogP contribution in [0.2, 0.25) is 0 Å². The van der Waals surface area contributed by atoms with E-state index in [1.807, 2.05) is 67.6 Å². The zero-order chi connectivity index (χ0) is 18.1. The predicted octanol–water partition coefficient (Wildman–Crippen LogP) is 3.46. The average molecular weight is 339 g/mol. The summed E-state index contributed by atoms with van der Waals surface area (Å²) in [5.41, 5.74) is 2.24. The van der Waals surface area contributed by atoms with Crippen molar-refractivity contribution in [2.45, 2.75) is 38.6 Å². The van der Waals surface area contributed by atoms with Gasteiger partial charge in [-0.15, -0.1) is 0 Å². The molecular weight excluding hydrogens is 314 g/mol. The number of hydrogen-bond acceptors (Lipinski definition) is 2. The van der Waals surface area contributed by atoms with Gasteiger partial charge in [-0.05, 0) is 37.3 Å². The van der Waals surface area contributed by atoms with Crippen LogP contribution in [-0.2, 0) is 22.4 Å². The third-order valence-corrected chi connectivity index (χ3v) is 4.20. The van der Waals surface area contributed by atoms with Gasteiger partial charge in [0.25, 0.3) is 0 Å². The second kappa shape index (κ2) is 9.62. The van der Waals surface area contributed by atoms with Crippen LogP contribution in [0.3, 0.4) is 0 Å². The van der Waals surface area contributed by atoms with Crippen molar-refractivity contribution in [1.29, 1.82) is 0 Å². The zero-order valence-corrected chi connectivity index (χ0v) is 14.5. The number of aliphatic carboxylic acids is 1. The molecule has 2 N–H and O–H groups in total. The molecule has 0 aromatic heterocycles. The highest BCUT2D eigenvalue weighted by atomic mass is 16.4. The summed E-state index contributed by atoms with van der Waals surface area (Å²) in [5, 5.41) is 11.8. The number of carbonyl (C=O) groups is 2. The largest absolute Gasteiger partial charge is 0.481 e. The monoisotopic (exact) mass is 339 g/mol. The van der Waals surface area contributed by atoms with Crippen LogP contribution in [0, 0.1) is 5.92 Å². The molecule has 4 heteroatoms. The molecule has 4 nitrogen and oxygen atoms in total. The standard InChI is InChI=1S/C21H25NO3/c1-16(12-13-20(23)24)22-21(25)19(14-17-8-4-2-5-9-17)15-18-10-6-3-7-11-18/h2-11,16,19H,12-15H2,1H3,(H,22,25)(H,23,24). The first-order chi connectivity index (χ1) is 12.0. The van der Waals surface area contributed by atoms with E-state index in [4.69, 9.17) is 5.11 Å². The number of carbonyl (C=O) groups excluding carboxylic acids is 1. The quantitative estimate of drug-likeness (QED) is 0.735. The van der Waals surface area contributed by atoms with E-state index in [2.05, 4.69) is 5.32 Å². The Labute approximate surface area is 148 Å². The molecule has 0 radical (unpaired) electrons. The molecule has 0 aliphatic carbocycles. The maximum absolute atomic E-state index is 12.7. The van der Waals surface area contributed by atoms with Crippen LogP contribution in [-0.4, -0.2) is 23.0 Å². The first-order valence-corrected chi connectivity index (χ1v) is 8.64. The summed E-state index contributed by atoms with van der Waals surface area (Å²) < 4.78 is 0. The van der Waals surface area contributed by atoms with Gasteiger partial charge in [-0.25, -0.2) is 0 Å². The minimum atomic E-state index is -0.841. The van der Waals surface area contributed by atoms with Gasteiger partial charge in [0.1, 0.15) is 0 Å². The fraction of sp³-hybridized carbons (Fsp3) is 0.333. The van der Waals surface area contributed by atoms with Gasteiger partial charge < -0.3 is 10.4 Å². The highest BCUT2D eigenvalue weighted by Gasteiger charge is 2.21. The zero-order valence-electron chi connectivity index (χ0n) is 14.5. The minimum absolute atomic E-state index is 0.0226. The van der Waals surface area contributed by atoms with E-state index in [0.717, 1.165) is 11.1 Å². The second-order valence-corrected chi connectivity index (χ2v) is 6.42. The van der Waals surface area contributed by atoms with Gasteiger partial charge in [0.05, 0.1) is 0 Å². The van der Waals surface area contributed by atoms with E-state index in [-0.39, 0.29) is 24.3 Å². The Bertz CT molecular complexity index is 629. The Morgan fingerprint density at radius 1 is 0.920 bits per heavy atom. The highest BCUT2D eigenvalue weighted by molar-refractivity contribution is 5.79. The van der Waals surface area contributed by atoms with E-state index in [1.165, 1.54) is 0 Å². The summed E-state index contributed by atoms with van der Waals surface area (Å²) >= 11 is 0. The third kappa shape index (κ3) is 6.79. The van der Waals surface area contributed by atoms with Gasteiger partial charge >= 0.3 is 5.97 Å². The van der Waals surface area contributed by atoms with Crippen LogP contribution < -0.4 is 5.32 Å². The molecule has 0 bridgehead atoms. The first kappa shape index (κ1) is 18.7. The van der Waals surface area contributed by atoms with Crippen LogP contribution in [0.4, 0.5) is 0 Å². The van der Waals surface area contributed by atoms with Crippen molar-refractivity contribution >= 4 is 11.9 Å². The Hall–Kier alpha value is -2.62. The van der Waals surface area contributed by atoms with Gasteiger partial charge in [0.2, 0.25) is 5.91 Å². The molecule has 25 heavy (non-hydrogen) atoms. The number of amides is 1. The lowest BCUT2D eigenvalue weighted by molar-refractivity contribution is -0.137. The molecule has 0 spiro atoms. The lowest BCUT2D eigenvalue weighted by Gasteiger charge is -2.20. The Morgan fingerprint density at radius 2 is 1.40 bits per heavy atom. The Kier molecular flexibility index (Phi) is 7.20. The van der Waals surface area contributed by atoms with Gasteiger partial charge in [-0.3, -0.25) is 9.59 Å². The first-order valence-electron chi connectivity index (χ1n) is 8.64. The molecule has 1 atom stereocenters. The maximum Gasteiger partial charge on any atom is 0.303 e. The molecule has 0 aliphatic heterocycles. The van der Waals surface area contributed by atoms with Crippen LogP contribution >= 0.6 is 0 Å². The van der Waals surface area contributed by atoms with E-state index in [0.29, 0.717) is 19.3 Å². The number of nitrogens with one attached hydrogen (secondary N) is 1. The van der Waals surface area contributed by atoms with Crippen molar-refractivity contribution in [3.63, 3.8) is 0 Å². The molecule has 1 unspecified atom stereocenters. The molecule has 0 heterocycles. The molecule has 132 valence electrons. The number of hydrogen-bond donors (Lipinski definition) is 2. The van der Waals surface area contributed by atoms with Gasteiger partial charge in [-0.1, -0.05) is 60.7 Å². The topological polar surface area (TPSA) is 66.4 Å². The second-order valence-electron chi connectivity index (χ2n) is 6.42. The van der Waals surface area contributed by atoms with Crippen molar-refractivity contribution in [3.8, 4) is 0 Å². The minimum Gasteiger partial charge on any atom is -0.481 e. The molecule has 0 saturated carbocycles. The fourth-order valence-electron chi connectivity index (χ4n) is 2.83. The SMILES string of the molecule is CC(CCC(=O)O)NC(=O)C(Cc1ccccc1)Cc1ccccc1. The highest BCUT2D eigenvalue weighted by Crippen LogP contribution is 2.16. The molecule has 2 rings (SSSR count). The number of carboxylic acid groups (broad SMARTS) is 1. The van der Waals surface area contributed by atoms with E-state index < -0.39 is 5.97 Å². The van der Waals surface area contributed by atoms with Crippen molar-refractivity contribution in [2.75, 3.05) is 0 Å². The number of benzene rings is 2. The smallest absolute Gasteiger partial charge is 0.303 e. The molecule has 0 fully saturated rings. The Morgan fingerprint density at radius 3 is 1.84 bits per heavy atom. The molecule has 0 saturated heterocycles. The van der Waals surface area contributed by atoms with Crippen LogP contribution in [0.15, 0.2) is 60.7 Å². The summed E-state index contributed by atoms with van der Waals surface area (Å²) in [4.78, 5) is 23.4. The predicted molar refractivity (Wildman–Crippen MR) is 98.3 cm³/mol. The molecule has 2 aromatic carbocycles. The molecular formula is C21H25NO3. The van der Waals surface area contributed by atoms with Crippen molar-refractivity contribution in [1.82, 2.24) is 5.32 Å². The average Bonchev–Trinajstić information content (AvgIpc) is 2.61. The van der Waals surface area contributed by atoms with Gasteiger partial charge in [0.15, 0.2) is 0 Å². The van der Waals surface area contributed by atoms with E-state index in [1.54, 1.807) is 0 Å². The maximum atomic E-state index is 12.7. The van der Waals surface area contributed by atoms with Crippen molar-refractivity contribution < 1.29 is 14.7 Å². The number of rotatable bonds is 9. The summed E-state index contributed by atoms with van der Waals surface area (Å²) in [6, 6.07) is 19.8. The summed E-state index contributed by atoms with van der Waals surface area (Å²) in [6.45, 7) is 1.85. The summed E-state index contributed by atoms with van der Waals surface area (Å²) in [7, 11) is 0. The van der Waals surface area contributed by atoms with Gasteiger partial charge in [0, 0.05) is 18.4 Å². The van der Waals surface area contributed by atoms with Crippen LogP contribution in [0.1, 0.15) is 30.9 Å². The Balaban J connectivity index is 2.04. The van der Waals surface area contributed by atoms with Crippen LogP contribution in [0.5, 0.6) is 0 Å². The molecule has 1 amide bonds. The normalized spacial score (nSPS) is 11.9. The van der Waals surface area contributed by atoms with E-state index in [9.17, 15) is 9.59 Å². The van der Waals surface area contributed by atoms with Gasteiger partial charge in [-0.2, -0.15) is 0 Å². The lowest BCUT2D eigenvalue weighted by Crippen LogP contribution is -2.39. The van der Waals surface area contributed by atoms with E-state index >= 15 is 0 Å². The van der Waals surface area contributed by atoms with Crippen molar-refractivity contribution in [3.05, 3.63) is 71.8 Å². The fourth-order valence-corrected chi connectivity index (χ4v) is 2.83. The summed E-state index contributed by atoms with van der Waals surface area (Å²) in [6.07, 6.45) is 1.81. The third-order valence-electron chi connectivity index (χ3n) is 4.20. The number of carboxylic acids is 1. The van der Waals surface area contributed by atoms with Crippen LogP contribution in [0.25, 0.3) is 0 Å². The lowest BCUT2D eigenvalue weighted by atomic mass is 9.91. The molecule has 2 aromatic rings. The summed E-state index contributed by atoms with van der Waals surface area (Å²) in [5.74, 6) is -1.05. The molecule has 0 aliphatic rings.